The van der Waals surface area contributed by atoms with E-state index in [4.69, 9.17) is 5.10 Å². The third kappa shape index (κ3) is 4.11. The molecule has 1 N–H and O–H groups in total. The lowest BCUT2D eigenvalue weighted by Crippen LogP contribution is -2.28. The molecule has 1 aliphatic rings. The number of hydrogen-bond donors (Lipinski definition) is 1. The summed E-state index contributed by atoms with van der Waals surface area (Å²) in [5, 5.41) is 4.80. The molecule has 0 aliphatic heterocycles. The van der Waals surface area contributed by atoms with E-state index in [-0.39, 0.29) is 0 Å². The summed E-state index contributed by atoms with van der Waals surface area (Å²) in [6.07, 6.45) is 6.03. The van der Waals surface area contributed by atoms with Crippen LogP contribution in [0, 0.1) is 13.8 Å². The largest absolute Gasteiger partial charge is 0.267 e. The van der Waals surface area contributed by atoms with Crippen molar-refractivity contribution in [3.63, 3.8) is 0 Å². The Morgan fingerprint density at radius 2 is 1.90 bits per heavy atom. The zero-order valence-electron chi connectivity index (χ0n) is 16.9. The van der Waals surface area contributed by atoms with Gasteiger partial charge in [0.1, 0.15) is 5.69 Å². The van der Waals surface area contributed by atoms with Crippen molar-refractivity contribution in [2.75, 3.05) is 6.54 Å². The van der Waals surface area contributed by atoms with Gasteiger partial charge in [0.15, 0.2) is 0 Å². The van der Waals surface area contributed by atoms with Crippen molar-refractivity contribution in [2.45, 2.75) is 51.0 Å². The third-order valence-corrected chi connectivity index (χ3v) is 7.03. The van der Waals surface area contributed by atoms with Crippen LogP contribution in [0.1, 0.15) is 35.2 Å². The molecule has 0 bridgehead atoms. The maximum Gasteiger partial charge on any atom is 0.240 e. The lowest BCUT2D eigenvalue weighted by molar-refractivity contribution is 0.538. The maximum atomic E-state index is 12.7. The Balaban J connectivity index is 1.53. The standard InChI is InChI=1S/C22H26N4O2S/c1-16-10-11-18(15-17(16)2)29(27,28)24-13-14-26-21-9-4-3-7-19(21)22(25-26)20-8-5-6-12-23-20/h5-6,8,10-12,15,24H,3-4,7,9,13-14H2,1-2H3. The fourth-order valence-corrected chi connectivity index (χ4v) is 4.92. The fraction of sp³-hybridized carbons (Fsp3) is 0.364. The number of pyridine rings is 1. The van der Waals surface area contributed by atoms with Crippen LogP contribution >= 0.6 is 0 Å². The topological polar surface area (TPSA) is 76.9 Å². The van der Waals surface area contributed by atoms with E-state index in [9.17, 15) is 8.42 Å². The molecule has 1 aromatic carbocycles. The van der Waals surface area contributed by atoms with Gasteiger partial charge in [0.2, 0.25) is 10.0 Å². The average molecular weight is 411 g/mol. The maximum absolute atomic E-state index is 12.7. The zero-order chi connectivity index (χ0) is 20.4. The first-order chi connectivity index (χ1) is 14.0. The van der Waals surface area contributed by atoms with Crippen LogP contribution in [0.4, 0.5) is 0 Å². The molecule has 0 fully saturated rings. The normalized spacial score (nSPS) is 14.0. The predicted octanol–water partition coefficient (Wildman–Crippen LogP) is 3.42. The van der Waals surface area contributed by atoms with Gasteiger partial charge in [-0.25, -0.2) is 13.1 Å². The highest BCUT2D eigenvalue weighted by Gasteiger charge is 2.22. The molecule has 6 nitrogen and oxygen atoms in total. The quantitative estimate of drug-likeness (QED) is 0.676. The van der Waals surface area contributed by atoms with Crippen molar-refractivity contribution >= 4 is 10.0 Å². The minimum absolute atomic E-state index is 0.297. The molecule has 0 atom stereocenters. The minimum Gasteiger partial charge on any atom is -0.267 e. The van der Waals surface area contributed by atoms with Gasteiger partial charge in [-0.05, 0) is 74.9 Å². The van der Waals surface area contributed by atoms with Gasteiger partial charge in [-0.2, -0.15) is 5.10 Å². The summed E-state index contributed by atoms with van der Waals surface area (Å²) in [4.78, 5) is 4.76. The first-order valence-corrected chi connectivity index (χ1v) is 11.5. The van der Waals surface area contributed by atoms with E-state index in [1.165, 1.54) is 11.3 Å². The molecule has 7 heteroatoms. The van der Waals surface area contributed by atoms with Gasteiger partial charge in [-0.15, -0.1) is 0 Å². The van der Waals surface area contributed by atoms with Gasteiger partial charge in [-0.1, -0.05) is 12.1 Å². The van der Waals surface area contributed by atoms with Crippen LogP contribution in [0.2, 0.25) is 0 Å². The van der Waals surface area contributed by atoms with E-state index < -0.39 is 10.0 Å². The number of rotatable bonds is 6. The van der Waals surface area contributed by atoms with Crippen molar-refractivity contribution < 1.29 is 8.42 Å². The van der Waals surface area contributed by atoms with Gasteiger partial charge in [0.25, 0.3) is 0 Å². The van der Waals surface area contributed by atoms with Crippen LogP contribution in [-0.4, -0.2) is 29.7 Å². The Kier molecular flexibility index (Phi) is 5.52. The van der Waals surface area contributed by atoms with Crippen molar-refractivity contribution in [1.29, 1.82) is 0 Å². The molecular weight excluding hydrogens is 384 g/mol. The number of aryl methyl sites for hydroxylation is 2. The molecule has 2 heterocycles. The summed E-state index contributed by atoms with van der Waals surface area (Å²) in [5.74, 6) is 0. The first kappa shape index (κ1) is 19.8. The highest BCUT2D eigenvalue weighted by Crippen LogP contribution is 2.30. The smallest absolute Gasteiger partial charge is 0.240 e. The Labute approximate surface area is 172 Å². The molecule has 0 saturated heterocycles. The van der Waals surface area contributed by atoms with Crippen LogP contribution in [0.25, 0.3) is 11.4 Å². The number of nitrogens with one attached hydrogen (secondary N) is 1. The highest BCUT2D eigenvalue weighted by molar-refractivity contribution is 7.89. The number of sulfonamides is 1. The monoisotopic (exact) mass is 410 g/mol. The van der Waals surface area contributed by atoms with Gasteiger partial charge in [0.05, 0.1) is 17.1 Å². The van der Waals surface area contributed by atoms with Crippen LogP contribution in [0.3, 0.4) is 0 Å². The Bertz CT molecular complexity index is 1120. The van der Waals surface area contributed by atoms with Gasteiger partial charge < -0.3 is 0 Å². The minimum atomic E-state index is -3.54. The first-order valence-electron chi connectivity index (χ1n) is 10.0. The summed E-state index contributed by atoms with van der Waals surface area (Å²) >= 11 is 0. The number of benzene rings is 1. The number of hydrogen-bond acceptors (Lipinski definition) is 4. The molecular formula is C22H26N4O2S. The molecule has 0 spiro atoms. The second kappa shape index (κ2) is 8.08. The number of fused-ring (bicyclic) bond motifs is 1. The van der Waals surface area contributed by atoms with E-state index in [0.717, 1.165) is 48.2 Å². The van der Waals surface area contributed by atoms with Crippen LogP contribution < -0.4 is 4.72 Å². The second-order valence-corrected chi connectivity index (χ2v) is 9.33. The van der Waals surface area contributed by atoms with Crippen molar-refractivity contribution in [3.8, 4) is 11.4 Å². The summed E-state index contributed by atoms with van der Waals surface area (Å²) in [6.45, 7) is 4.69. The Hall–Kier alpha value is -2.51. The van der Waals surface area contributed by atoms with Gasteiger partial charge >= 0.3 is 0 Å². The van der Waals surface area contributed by atoms with E-state index in [0.29, 0.717) is 18.0 Å². The van der Waals surface area contributed by atoms with Gasteiger partial charge in [-0.3, -0.25) is 9.67 Å². The summed E-state index contributed by atoms with van der Waals surface area (Å²) in [7, 11) is -3.54. The molecule has 1 aliphatic carbocycles. The molecule has 0 amide bonds. The molecule has 29 heavy (non-hydrogen) atoms. The average Bonchev–Trinajstić information content (AvgIpc) is 3.09. The van der Waals surface area contributed by atoms with Crippen LogP contribution in [-0.2, 0) is 29.4 Å². The van der Waals surface area contributed by atoms with Gasteiger partial charge in [0, 0.05) is 24.0 Å². The molecule has 152 valence electrons. The predicted molar refractivity (Wildman–Crippen MR) is 113 cm³/mol. The molecule has 4 rings (SSSR count). The van der Waals surface area contributed by atoms with Crippen LogP contribution in [0.5, 0.6) is 0 Å². The summed E-state index contributed by atoms with van der Waals surface area (Å²) < 4.78 is 30.0. The number of nitrogens with zero attached hydrogens (tertiary/aromatic N) is 3. The second-order valence-electron chi connectivity index (χ2n) is 7.56. The Morgan fingerprint density at radius 1 is 1.07 bits per heavy atom. The van der Waals surface area contributed by atoms with Crippen LogP contribution in [0.15, 0.2) is 47.5 Å². The van der Waals surface area contributed by atoms with E-state index in [1.54, 1.807) is 18.3 Å². The van der Waals surface area contributed by atoms with Crippen molar-refractivity contribution in [3.05, 3.63) is 65.0 Å². The Morgan fingerprint density at radius 3 is 2.66 bits per heavy atom. The molecule has 0 saturated carbocycles. The van der Waals surface area contributed by atoms with Crippen molar-refractivity contribution in [1.82, 2.24) is 19.5 Å². The van der Waals surface area contributed by atoms with E-state index in [2.05, 4.69) is 9.71 Å². The summed E-state index contributed by atoms with van der Waals surface area (Å²) in [6, 6.07) is 11.0. The lowest BCUT2D eigenvalue weighted by Gasteiger charge is -2.14. The molecule has 0 unspecified atom stereocenters. The van der Waals surface area contributed by atoms with E-state index >= 15 is 0 Å². The lowest BCUT2D eigenvalue weighted by atomic mass is 9.95. The summed E-state index contributed by atoms with van der Waals surface area (Å²) in [5.41, 5.74) is 6.31. The highest BCUT2D eigenvalue weighted by atomic mass is 32.2. The SMILES string of the molecule is Cc1ccc(S(=O)(=O)NCCn2nc(-c3ccccn3)c3c2CCCC3)cc1C. The fourth-order valence-electron chi connectivity index (χ4n) is 3.81. The number of aromatic nitrogens is 3. The van der Waals surface area contributed by atoms with Crippen molar-refractivity contribution in [2.24, 2.45) is 0 Å². The molecule has 0 radical (unpaired) electrons. The zero-order valence-corrected chi connectivity index (χ0v) is 17.7. The third-order valence-electron chi connectivity index (χ3n) is 5.57. The molecule has 2 aromatic heterocycles. The van der Waals surface area contributed by atoms with E-state index in [1.807, 2.05) is 42.8 Å². The molecule has 3 aromatic rings.